The van der Waals surface area contributed by atoms with E-state index in [-0.39, 0.29) is 36.1 Å². The molecule has 3 heterocycles. The Morgan fingerprint density at radius 2 is 1.34 bits per heavy atom. The van der Waals surface area contributed by atoms with Crippen molar-refractivity contribution in [1.82, 2.24) is 13.6 Å². The average Bonchev–Trinajstić information content (AvgIpc) is 3.29. The van der Waals surface area contributed by atoms with E-state index >= 15 is 0 Å². The minimum absolute atomic E-state index is 0.0367. The van der Waals surface area contributed by atoms with Crippen LogP contribution in [0.4, 0.5) is 0 Å². The van der Waals surface area contributed by atoms with Gasteiger partial charge in [0.25, 0.3) is 10.0 Å². The number of sulfonamides is 2. The van der Waals surface area contributed by atoms with E-state index in [0.717, 1.165) is 11.1 Å². The Kier molecular flexibility index (Phi) is 6.06. The summed E-state index contributed by atoms with van der Waals surface area (Å²) in [5, 5.41) is 12.5. The van der Waals surface area contributed by atoms with Gasteiger partial charge in [-0.3, -0.25) is 0 Å². The summed E-state index contributed by atoms with van der Waals surface area (Å²) in [6, 6.07) is 16.3. The molecule has 0 saturated carbocycles. The average molecular weight is 533 g/mol. The van der Waals surface area contributed by atoms with Crippen LogP contribution < -0.4 is 4.73 Å². The second-order valence-corrected chi connectivity index (χ2v) is 12.4. The third-order valence-electron chi connectivity index (χ3n) is 6.00. The predicted octanol–water partition coefficient (Wildman–Crippen LogP) is 2.82. The van der Waals surface area contributed by atoms with Crippen molar-refractivity contribution in [1.29, 1.82) is 0 Å². The maximum absolute atomic E-state index is 13.2. The number of aromatic nitrogens is 2. The first-order valence-corrected chi connectivity index (χ1v) is 14.0. The summed E-state index contributed by atoms with van der Waals surface area (Å²) in [5.41, 5.74) is 2.22. The Balaban J connectivity index is 1.30. The van der Waals surface area contributed by atoms with Crippen molar-refractivity contribution in [2.45, 2.75) is 9.92 Å². The number of rotatable bonds is 5. The number of piperazine rings is 1. The third kappa shape index (κ3) is 4.53. The molecule has 1 aliphatic heterocycles. The van der Waals surface area contributed by atoms with Gasteiger partial charge in [0.15, 0.2) is 12.4 Å². The zero-order valence-corrected chi connectivity index (χ0v) is 20.7. The zero-order valence-electron chi connectivity index (χ0n) is 18.3. The molecule has 12 heteroatoms. The normalized spacial score (nSPS) is 16.0. The molecule has 182 valence electrons. The highest BCUT2D eigenvalue weighted by atomic mass is 35.5. The molecule has 0 unspecified atom stereocenters. The molecule has 1 N–H and O–H groups in total. The van der Waals surface area contributed by atoms with Gasteiger partial charge in [0.2, 0.25) is 10.0 Å². The monoisotopic (exact) mass is 532 g/mol. The lowest BCUT2D eigenvalue weighted by molar-refractivity contribution is -0.605. The van der Waals surface area contributed by atoms with E-state index < -0.39 is 20.0 Å². The highest BCUT2D eigenvalue weighted by Crippen LogP contribution is 2.27. The molecule has 0 atom stereocenters. The number of aromatic amines is 1. The van der Waals surface area contributed by atoms with E-state index in [1.165, 1.54) is 39.2 Å². The molecule has 9 nitrogen and oxygen atoms in total. The van der Waals surface area contributed by atoms with E-state index in [0.29, 0.717) is 20.7 Å². The van der Waals surface area contributed by atoms with Gasteiger partial charge in [0.1, 0.15) is 5.03 Å². The number of pyridine rings is 1. The molecule has 1 aliphatic rings. The number of fused-ring (bicyclic) bond motifs is 1. The Hall–Kier alpha value is -2.96. The topological polar surface area (TPSA) is 117 Å². The standard InChI is InChI=1S/C23H21ClN4O5S2/c24-20-3-6-22-19(15-20)16-23(25-22)35(32,33)28-13-11-27(12-14-28)34(30,31)21-4-1-17(2-5-21)18-7-9-26(29)10-8-18/h1-10,15-16,25H,11-14H2. The van der Waals surface area contributed by atoms with Gasteiger partial charge in [-0.15, -0.1) is 0 Å². The summed E-state index contributed by atoms with van der Waals surface area (Å²) in [6.07, 6.45) is 2.75. The SMILES string of the molecule is O=S(=O)(c1ccc(-c2cc[n+]([O-])cc2)cc1)N1CCN(S(=O)(=O)c2cc3cc(Cl)ccc3[nH]2)CC1. The Morgan fingerprint density at radius 3 is 1.97 bits per heavy atom. The van der Waals surface area contributed by atoms with Crippen LogP contribution in [0.25, 0.3) is 22.0 Å². The van der Waals surface area contributed by atoms with Crippen LogP contribution in [0, 0.1) is 5.21 Å². The van der Waals surface area contributed by atoms with Gasteiger partial charge in [-0.1, -0.05) is 23.7 Å². The highest BCUT2D eigenvalue weighted by molar-refractivity contribution is 7.89. The first-order valence-electron chi connectivity index (χ1n) is 10.7. The minimum atomic E-state index is -3.82. The summed E-state index contributed by atoms with van der Waals surface area (Å²) in [6.45, 7) is 0.152. The number of nitrogens with zero attached hydrogens (tertiary/aromatic N) is 3. The lowest BCUT2D eigenvalue weighted by Gasteiger charge is -2.33. The summed E-state index contributed by atoms with van der Waals surface area (Å²) in [5.74, 6) is 0. The van der Waals surface area contributed by atoms with E-state index in [2.05, 4.69) is 4.98 Å². The van der Waals surface area contributed by atoms with Crippen molar-refractivity contribution >= 4 is 42.6 Å². The maximum atomic E-state index is 13.2. The lowest BCUT2D eigenvalue weighted by Crippen LogP contribution is -2.50. The molecular formula is C23H21ClN4O5S2. The molecule has 0 radical (unpaired) electrons. The smallest absolute Gasteiger partial charge is 0.258 e. The molecule has 35 heavy (non-hydrogen) atoms. The van der Waals surface area contributed by atoms with Gasteiger partial charge >= 0.3 is 0 Å². The molecular weight excluding hydrogens is 512 g/mol. The molecule has 5 rings (SSSR count). The zero-order chi connectivity index (χ0) is 24.8. The van der Waals surface area contributed by atoms with E-state index in [9.17, 15) is 22.0 Å². The summed E-state index contributed by atoms with van der Waals surface area (Å²) in [7, 11) is -7.61. The molecule has 0 bridgehead atoms. The molecule has 2 aromatic heterocycles. The Bertz CT molecular complexity index is 1590. The Morgan fingerprint density at radius 1 is 0.771 bits per heavy atom. The fourth-order valence-corrected chi connectivity index (χ4v) is 7.12. The van der Waals surface area contributed by atoms with Crippen molar-refractivity contribution in [3.8, 4) is 11.1 Å². The summed E-state index contributed by atoms with van der Waals surface area (Å²) in [4.78, 5) is 3.04. The quantitative estimate of drug-likeness (QED) is 0.313. The van der Waals surface area contributed by atoms with Gasteiger partial charge in [-0.2, -0.15) is 13.3 Å². The maximum Gasteiger partial charge on any atom is 0.258 e. The summed E-state index contributed by atoms with van der Waals surface area (Å²) >= 11 is 6.00. The Labute approximate surface area is 207 Å². The van der Waals surface area contributed by atoms with Crippen LogP contribution in [-0.4, -0.2) is 56.6 Å². The van der Waals surface area contributed by atoms with Gasteiger partial charge in [-0.25, -0.2) is 16.8 Å². The molecule has 0 aliphatic carbocycles. The number of benzene rings is 2. The van der Waals surface area contributed by atoms with Gasteiger partial charge < -0.3 is 10.2 Å². The van der Waals surface area contributed by atoms with Crippen LogP contribution in [0.5, 0.6) is 0 Å². The van der Waals surface area contributed by atoms with Crippen molar-refractivity contribution in [2.24, 2.45) is 0 Å². The third-order valence-corrected chi connectivity index (χ3v) is 9.97. The summed E-state index contributed by atoms with van der Waals surface area (Å²) < 4.78 is 55.8. The number of hydrogen-bond acceptors (Lipinski definition) is 5. The fraction of sp³-hybridized carbons (Fsp3) is 0.174. The highest BCUT2D eigenvalue weighted by Gasteiger charge is 2.34. The van der Waals surface area contributed by atoms with Crippen LogP contribution >= 0.6 is 11.6 Å². The molecule has 4 aromatic rings. The van der Waals surface area contributed by atoms with Gasteiger partial charge in [0.05, 0.1) is 4.90 Å². The van der Waals surface area contributed by atoms with E-state index in [1.807, 2.05) is 0 Å². The fourth-order valence-electron chi connectivity index (χ4n) is 4.08. The van der Waals surface area contributed by atoms with E-state index in [4.69, 9.17) is 11.6 Å². The van der Waals surface area contributed by atoms with Gasteiger partial charge in [-0.05, 0) is 47.5 Å². The largest absolute Gasteiger partial charge is 0.619 e. The first-order chi connectivity index (χ1) is 16.6. The molecule has 2 aromatic carbocycles. The van der Waals surface area contributed by atoms with Crippen LogP contribution in [0.2, 0.25) is 5.02 Å². The van der Waals surface area contributed by atoms with Crippen molar-refractivity contribution in [2.75, 3.05) is 26.2 Å². The number of H-pyrrole nitrogens is 1. The van der Waals surface area contributed by atoms with Crippen LogP contribution in [0.3, 0.4) is 0 Å². The molecule has 1 saturated heterocycles. The second-order valence-electron chi connectivity index (χ2n) is 8.14. The van der Waals surface area contributed by atoms with Crippen LogP contribution in [0.1, 0.15) is 0 Å². The van der Waals surface area contributed by atoms with Crippen LogP contribution in [-0.2, 0) is 20.0 Å². The van der Waals surface area contributed by atoms with E-state index in [1.54, 1.807) is 42.5 Å². The molecule has 0 amide bonds. The number of halogens is 1. The van der Waals surface area contributed by atoms with Crippen LogP contribution in [0.15, 0.2) is 83.0 Å². The minimum Gasteiger partial charge on any atom is -0.619 e. The van der Waals surface area contributed by atoms with Crippen molar-refractivity contribution in [3.63, 3.8) is 0 Å². The molecule has 0 spiro atoms. The van der Waals surface area contributed by atoms with Gasteiger partial charge in [0, 0.05) is 54.2 Å². The second kappa shape index (κ2) is 8.92. The lowest BCUT2D eigenvalue weighted by atomic mass is 10.1. The molecule has 1 fully saturated rings. The van der Waals surface area contributed by atoms with Crippen molar-refractivity contribution < 1.29 is 21.6 Å². The number of hydrogen-bond donors (Lipinski definition) is 1. The van der Waals surface area contributed by atoms with Crippen molar-refractivity contribution in [3.05, 3.63) is 83.3 Å². The number of nitrogens with one attached hydrogen (secondary N) is 1. The predicted molar refractivity (Wildman–Crippen MR) is 132 cm³/mol. The first kappa shape index (κ1) is 23.8.